The molecule has 4 heteroatoms. The molecule has 1 heterocycles. The number of aliphatic hydroxyl groups excluding tert-OH is 1. The molecule has 0 bridgehead atoms. The minimum Gasteiger partial charge on any atom is -0.463 e. The molecule has 1 aliphatic heterocycles. The molecule has 24 heavy (non-hydrogen) atoms. The van der Waals surface area contributed by atoms with Crippen LogP contribution in [0.15, 0.2) is 0 Å². The van der Waals surface area contributed by atoms with Crippen LogP contribution in [0.5, 0.6) is 0 Å². The number of ether oxygens (including phenoxy) is 2. The molecule has 142 valence electrons. The van der Waals surface area contributed by atoms with Crippen LogP contribution in [0.25, 0.3) is 0 Å². The summed E-state index contributed by atoms with van der Waals surface area (Å²) < 4.78 is 10.7. The zero-order chi connectivity index (χ0) is 17.6. The number of unbranched alkanes of at least 4 members (excludes halogenated alkanes) is 7. The van der Waals surface area contributed by atoms with Gasteiger partial charge in [-0.05, 0) is 25.7 Å². The highest BCUT2D eigenvalue weighted by atomic mass is 16.6. The molecule has 0 aliphatic carbocycles. The standard InChI is InChI=1S/C20H38O4/c1-3-5-6-10-13-18-19(24-18)14-11-8-7-9-12-15-20(22)23-16-17(21)4-2/h17-19,21H,3-16H2,1-2H3. The maximum Gasteiger partial charge on any atom is 0.305 e. The van der Waals surface area contributed by atoms with Crippen LogP contribution in [0, 0.1) is 0 Å². The van der Waals surface area contributed by atoms with Crippen LogP contribution in [0.4, 0.5) is 0 Å². The fourth-order valence-corrected chi connectivity index (χ4v) is 2.98. The molecule has 3 atom stereocenters. The van der Waals surface area contributed by atoms with E-state index in [2.05, 4.69) is 6.92 Å². The van der Waals surface area contributed by atoms with Crippen molar-refractivity contribution in [2.75, 3.05) is 6.61 Å². The number of hydrogen-bond donors (Lipinski definition) is 1. The van der Waals surface area contributed by atoms with Gasteiger partial charge in [0.1, 0.15) is 6.61 Å². The summed E-state index contributed by atoms with van der Waals surface area (Å²) in [4.78, 5) is 11.5. The van der Waals surface area contributed by atoms with Gasteiger partial charge in [-0.25, -0.2) is 0 Å². The van der Waals surface area contributed by atoms with Crippen LogP contribution < -0.4 is 0 Å². The summed E-state index contributed by atoms with van der Waals surface area (Å²) in [5, 5.41) is 9.33. The number of epoxide rings is 1. The van der Waals surface area contributed by atoms with Crippen LogP contribution in [0.3, 0.4) is 0 Å². The number of carbonyl (C=O) groups is 1. The first-order valence-corrected chi connectivity index (χ1v) is 10.2. The quantitative estimate of drug-likeness (QED) is 0.249. The predicted molar refractivity (Wildman–Crippen MR) is 97.0 cm³/mol. The average Bonchev–Trinajstić information content (AvgIpc) is 3.34. The summed E-state index contributed by atoms with van der Waals surface area (Å²) in [6.07, 6.45) is 15.1. The van der Waals surface area contributed by atoms with Gasteiger partial charge in [-0.15, -0.1) is 0 Å². The molecule has 0 amide bonds. The van der Waals surface area contributed by atoms with E-state index in [1.165, 1.54) is 57.8 Å². The van der Waals surface area contributed by atoms with Gasteiger partial charge in [0.25, 0.3) is 0 Å². The van der Waals surface area contributed by atoms with Crippen LogP contribution in [0.2, 0.25) is 0 Å². The van der Waals surface area contributed by atoms with E-state index in [9.17, 15) is 9.90 Å². The van der Waals surface area contributed by atoms with E-state index < -0.39 is 6.10 Å². The Balaban J connectivity index is 1.81. The van der Waals surface area contributed by atoms with Gasteiger partial charge in [0, 0.05) is 6.42 Å². The first-order chi connectivity index (χ1) is 11.7. The first kappa shape index (κ1) is 21.4. The van der Waals surface area contributed by atoms with Crippen molar-refractivity contribution in [3.63, 3.8) is 0 Å². The topological polar surface area (TPSA) is 59.1 Å². The Morgan fingerprint density at radius 2 is 1.54 bits per heavy atom. The molecular formula is C20H38O4. The van der Waals surface area contributed by atoms with E-state index in [1.807, 2.05) is 6.92 Å². The van der Waals surface area contributed by atoms with Gasteiger partial charge in [-0.1, -0.05) is 65.2 Å². The molecule has 0 aromatic carbocycles. The fraction of sp³-hybridized carbons (Fsp3) is 0.950. The molecule has 1 fully saturated rings. The molecule has 1 rings (SSSR count). The number of hydrogen-bond acceptors (Lipinski definition) is 4. The van der Waals surface area contributed by atoms with Crippen molar-refractivity contribution in [2.45, 2.75) is 116 Å². The minimum absolute atomic E-state index is 0.135. The smallest absolute Gasteiger partial charge is 0.305 e. The van der Waals surface area contributed by atoms with Crippen molar-refractivity contribution in [1.29, 1.82) is 0 Å². The number of carbonyl (C=O) groups excluding carboxylic acids is 1. The molecular weight excluding hydrogens is 304 g/mol. The Hall–Kier alpha value is -0.610. The van der Waals surface area contributed by atoms with Gasteiger partial charge >= 0.3 is 5.97 Å². The number of rotatable bonds is 16. The Kier molecular flexibility index (Phi) is 12.2. The second kappa shape index (κ2) is 13.7. The lowest BCUT2D eigenvalue weighted by atomic mass is 10.0. The Morgan fingerprint density at radius 3 is 2.17 bits per heavy atom. The molecule has 1 saturated heterocycles. The second-order valence-electron chi connectivity index (χ2n) is 7.11. The van der Waals surface area contributed by atoms with Crippen molar-refractivity contribution in [3.8, 4) is 0 Å². The first-order valence-electron chi connectivity index (χ1n) is 10.2. The van der Waals surface area contributed by atoms with Crippen molar-refractivity contribution in [2.24, 2.45) is 0 Å². The van der Waals surface area contributed by atoms with Crippen molar-refractivity contribution >= 4 is 5.97 Å². The van der Waals surface area contributed by atoms with Crippen LogP contribution in [-0.4, -0.2) is 36.0 Å². The molecule has 0 aromatic rings. The van der Waals surface area contributed by atoms with Crippen molar-refractivity contribution in [3.05, 3.63) is 0 Å². The summed E-state index contributed by atoms with van der Waals surface area (Å²) >= 11 is 0. The lowest BCUT2D eigenvalue weighted by Gasteiger charge is -2.08. The highest BCUT2D eigenvalue weighted by Gasteiger charge is 2.36. The second-order valence-corrected chi connectivity index (χ2v) is 7.11. The Bertz CT molecular complexity index is 319. The third kappa shape index (κ3) is 11.0. The number of aliphatic hydroxyl groups is 1. The van der Waals surface area contributed by atoms with Gasteiger partial charge in [-0.3, -0.25) is 4.79 Å². The lowest BCUT2D eigenvalue weighted by molar-refractivity contribution is -0.146. The van der Waals surface area contributed by atoms with E-state index in [0.29, 0.717) is 25.0 Å². The SMILES string of the molecule is CCCCCCC1OC1CCCCCCCC(=O)OCC(O)CC. The third-order valence-electron chi connectivity index (χ3n) is 4.81. The van der Waals surface area contributed by atoms with Crippen molar-refractivity contribution < 1.29 is 19.4 Å². The van der Waals surface area contributed by atoms with E-state index in [1.54, 1.807) is 0 Å². The van der Waals surface area contributed by atoms with Crippen molar-refractivity contribution in [1.82, 2.24) is 0 Å². The average molecular weight is 343 g/mol. The zero-order valence-corrected chi connectivity index (χ0v) is 15.8. The van der Waals surface area contributed by atoms with Gasteiger partial charge in [0.05, 0.1) is 18.3 Å². The normalized spacial score (nSPS) is 20.8. The minimum atomic E-state index is -0.519. The zero-order valence-electron chi connectivity index (χ0n) is 15.8. The van der Waals surface area contributed by atoms with E-state index in [4.69, 9.17) is 9.47 Å². The van der Waals surface area contributed by atoms with Gasteiger partial charge < -0.3 is 14.6 Å². The van der Waals surface area contributed by atoms with E-state index in [0.717, 1.165) is 12.8 Å². The predicted octanol–water partition coefficient (Wildman–Crippen LogP) is 4.77. The molecule has 4 nitrogen and oxygen atoms in total. The maximum atomic E-state index is 11.5. The van der Waals surface area contributed by atoms with Crippen LogP contribution in [-0.2, 0) is 14.3 Å². The largest absolute Gasteiger partial charge is 0.463 e. The lowest BCUT2D eigenvalue weighted by Crippen LogP contribution is -2.17. The van der Waals surface area contributed by atoms with Crippen LogP contribution in [0.1, 0.15) is 97.3 Å². The Morgan fingerprint density at radius 1 is 0.958 bits per heavy atom. The molecule has 0 spiro atoms. The maximum absolute atomic E-state index is 11.5. The number of esters is 1. The Labute approximate surface area is 148 Å². The molecule has 0 saturated carbocycles. The molecule has 1 N–H and O–H groups in total. The fourth-order valence-electron chi connectivity index (χ4n) is 2.98. The highest BCUT2D eigenvalue weighted by molar-refractivity contribution is 5.69. The summed E-state index contributed by atoms with van der Waals surface area (Å²) in [5.74, 6) is -0.181. The molecule has 0 radical (unpaired) electrons. The summed E-state index contributed by atoms with van der Waals surface area (Å²) in [6.45, 7) is 4.26. The third-order valence-corrected chi connectivity index (χ3v) is 4.81. The van der Waals surface area contributed by atoms with Crippen LogP contribution >= 0.6 is 0 Å². The summed E-state index contributed by atoms with van der Waals surface area (Å²) in [5.41, 5.74) is 0. The monoisotopic (exact) mass is 342 g/mol. The summed E-state index contributed by atoms with van der Waals surface area (Å²) in [7, 11) is 0. The molecule has 3 unspecified atom stereocenters. The van der Waals surface area contributed by atoms with E-state index in [-0.39, 0.29) is 12.6 Å². The summed E-state index contributed by atoms with van der Waals surface area (Å²) in [6, 6.07) is 0. The van der Waals surface area contributed by atoms with Gasteiger partial charge in [0.15, 0.2) is 0 Å². The van der Waals surface area contributed by atoms with Gasteiger partial charge in [-0.2, -0.15) is 0 Å². The van der Waals surface area contributed by atoms with E-state index >= 15 is 0 Å². The van der Waals surface area contributed by atoms with Gasteiger partial charge in [0.2, 0.25) is 0 Å². The molecule has 1 aliphatic rings. The molecule has 0 aromatic heterocycles. The highest BCUT2D eigenvalue weighted by Crippen LogP contribution is 2.31.